The maximum atomic E-state index is 12.3. The van der Waals surface area contributed by atoms with E-state index in [2.05, 4.69) is 10.6 Å². The third-order valence-electron chi connectivity index (χ3n) is 3.40. The zero-order chi connectivity index (χ0) is 19.8. The van der Waals surface area contributed by atoms with E-state index in [0.29, 0.717) is 17.1 Å². The number of benzene rings is 2. The van der Waals surface area contributed by atoms with Gasteiger partial charge in [-0.1, -0.05) is 23.7 Å². The third kappa shape index (κ3) is 5.23. The van der Waals surface area contributed by atoms with Crippen molar-refractivity contribution in [3.63, 3.8) is 0 Å². The van der Waals surface area contributed by atoms with Gasteiger partial charge in [-0.15, -0.1) is 0 Å². The van der Waals surface area contributed by atoms with Crippen molar-refractivity contribution in [3.05, 3.63) is 64.8 Å². The Labute approximate surface area is 161 Å². The van der Waals surface area contributed by atoms with Crippen LogP contribution in [0.15, 0.2) is 54.2 Å². The van der Waals surface area contributed by atoms with E-state index in [9.17, 15) is 14.9 Å². The first-order valence-corrected chi connectivity index (χ1v) is 8.33. The number of hydrogen-bond donors (Lipinski definition) is 3. The smallest absolute Gasteiger partial charge is 0.340 e. The summed E-state index contributed by atoms with van der Waals surface area (Å²) in [6.45, 7) is 1.94. The molecule has 0 aromatic heterocycles. The van der Waals surface area contributed by atoms with Gasteiger partial charge in [0.15, 0.2) is 0 Å². The number of carbonyl (C=O) groups excluding carboxylic acids is 2. The van der Waals surface area contributed by atoms with Crippen molar-refractivity contribution in [2.45, 2.75) is 6.92 Å². The van der Waals surface area contributed by atoms with Gasteiger partial charge in [0, 0.05) is 11.9 Å². The molecule has 0 bridgehead atoms. The van der Waals surface area contributed by atoms with Crippen LogP contribution in [0.1, 0.15) is 17.3 Å². The van der Waals surface area contributed by atoms with Gasteiger partial charge >= 0.3 is 5.97 Å². The van der Waals surface area contributed by atoms with Crippen LogP contribution in [-0.4, -0.2) is 18.5 Å². The summed E-state index contributed by atoms with van der Waals surface area (Å²) in [5.74, 6) is -1.17. The predicted octanol–water partition coefficient (Wildman–Crippen LogP) is 3.56. The number of nitrogens with two attached hydrogens (primary N) is 1. The third-order valence-corrected chi connectivity index (χ3v) is 3.71. The summed E-state index contributed by atoms with van der Waals surface area (Å²) in [6, 6.07) is 13.0. The molecule has 0 atom stereocenters. The number of rotatable bonds is 6. The number of amides is 1. The summed E-state index contributed by atoms with van der Waals surface area (Å²) in [5.41, 5.74) is 6.87. The van der Waals surface area contributed by atoms with Crippen molar-refractivity contribution < 1.29 is 14.3 Å². The van der Waals surface area contributed by atoms with Crippen molar-refractivity contribution in [3.8, 4) is 6.07 Å². The summed E-state index contributed by atoms with van der Waals surface area (Å²) >= 11 is 6.02. The number of esters is 1. The second-order valence-electron chi connectivity index (χ2n) is 5.27. The van der Waals surface area contributed by atoms with Gasteiger partial charge < -0.3 is 21.1 Å². The van der Waals surface area contributed by atoms with Crippen LogP contribution >= 0.6 is 11.6 Å². The number of nitrogens with zero attached hydrogens (tertiary/aromatic N) is 1. The molecule has 138 valence electrons. The topological polar surface area (TPSA) is 117 Å². The van der Waals surface area contributed by atoms with Crippen LogP contribution < -0.4 is 16.4 Å². The first-order chi connectivity index (χ1) is 13.0. The molecule has 7 nitrogen and oxygen atoms in total. The predicted molar refractivity (Wildman–Crippen MR) is 104 cm³/mol. The fourth-order valence-corrected chi connectivity index (χ4v) is 2.35. The fraction of sp³-hybridized carbons (Fsp3) is 0.105. The normalized spacial score (nSPS) is 10.6. The van der Waals surface area contributed by atoms with E-state index in [1.54, 1.807) is 43.3 Å². The molecule has 2 aromatic rings. The van der Waals surface area contributed by atoms with Crippen LogP contribution in [0.3, 0.4) is 0 Å². The van der Waals surface area contributed by atoms with E-state index >= 15 is 0 Å². The molecule has 0 radical (unpaired) electrons. The van der Waals surface area contributed by atoms with Gasteiger partial charge in [0.2, 0.25) is 0 Å². The Morgan fingerprint density at radius 2 is 2.00 bits per heavy atom. The van der Waals surface area contributed by atoms with E-state index in [1.165, 1.54) is 18.3 Å². The number of carbonyl (C=O) groups is 2. The zero-order valence-corrected chi connectivity index (χ0v) is 15.2. The maximum absolute atomic E-state index is 12.3. The Kier molecular flexibility index (Phi) is 6.80. The minimum atomic E-state index is -0.662. The number of nitriles is 1. The molecule has 27 heavy (non-hydrogen) atoms. The number of anilines is 3. The lowest BCUT2D eigenvalue weighted by atomic mass is 10.1. The average molecular weight is 385 g/mol. The molecule has 0 heterocycles. The van der Waals surface area contributed by atoms with Crippen LogP contribution in [-0.2, 0) is 9.53 Å². The van der Waals surface area contributed by atoms with Crippen LogP contribution in [0.2, 0.25) is 5.02 Å². The molecule has 8 heteroatoms. The van der Waals surface area contributed by atoms with Crippen LogP contribution in [0, 0.1) is 11.3 Å². The summed E-state index contributed by atoms with van der Waals surface area (Å²) in [4.78, 5) is 24.3. The van der Waals surface area contributed by atoms with Crippen molar-refractivity contribution >= 4 is 40.5 Å². The highest BCUT2D eigenvalue weighted by atomic mass is 35.5. The van der Waals surface area contributed by atoms with Gasteiger partial charge in [0.25, 0.3) is 5.91 Å². The molecule has 2 rings (SSSR count). The van der Waals surface area contributed by atoms with Gasteiger partial charge in [-0.2, -0.15) is 5.26 Å². The number of halogens is 1. The highest BCUT2D eigenvalue weighted by molar-refractivity contribution is 6.34. The van der Waals surface area contributed by atoms with Crippen molar-refractivity contribution in [1.82, 2.24) is 0 Å². The molecule has 0 aliphatic heterocycles. The molecular formula is C19H17ClN4O3. The van der Waals surface area contributed by atoms with E-state index in [0.717, 1.165) is 0 Å². The Balaban J connectivity index is 2.18. The molecule has 4 N–H and O–H groups in total. The van der Waals surface area contributed by atoms with Crippen molar-refractivity contribution in [2.24, 2.45) is 0 Å². The van der Waals surface area contributed by atoms with Crippen molar-refractivity contribution in [2.75, 3.05) is 23.0 Å². The SMILES string of the molecule is CCOC(=O)c1ccccc1N/C=C(/C#N)C(=O)Nc1ccc(N)cc1Cl. The quantitative estimate of drug-likeness (QED) is 0.303. The first kappa shape index (κ1) is 19.8. The summed E-state index contributed by atoms with van der Waals surface area (Å²) in [7, 11) is 0. The number of nitrogen functional groups attached to an aromatic ring is 1. The van der Waals surface area contributed by atoms with Gasteiger partial charge in [0.1, 0.15) is 11.6 Å². The second-order valence-corrected chi connectivity index (χ2v) is 5.68. The lowest BCUT2D eigenvalue weighted by Gasteiger charge is -2.10. The molecule has 0 unspecified atom stereocenters. The molecular weight excluding hydrogens is 368 g/mol. The summed E-state index contributed by atoms with van der Waals surface area (Å²) in [5, 5.41) is 14.8. The van der Waals surface area contributed by atoms with Gasteiger partial charge in [-0.25, -0.2) is 4.79 Å². The maximum Gasteiger partial charge on any atom is 0.340 e. The standard InChI is InChI=1S/C19H17ClN4O3/c1-2-27-19(26)14-5-3-4-6-16(14)23-11-12(10-21)18(25)24-17-8-7-13(22)9-15(17)20/h3-9,11,23H,2,22H2,1H3,(H,24,25)/b12-11-. The molecule has 0 aliphatic rings. The van der Waals surface area contributed by atoms with E-state index in [1.807, 2.05) is 0 Å². The molecule has 0 spiro atoms. The highest BCUT2D eigenvalue weighted by Gasteiger charge is 2.14. The number of hydrogen-bond acceptors (Lipinski definition) is 6. The van der Waals surface area contributed by atoms with E-state index < -0.39 is 11.9 Å². The van der Waals surface area contributed by atoms with Gasteiger partial charge in [0.05, 0.1) is 28.6 Å². The van der Waals surface area contributed by atoms with Crippen LogP contribution in [0.4, 0.5) is 17.1 Å². The molecule has 0 saturated heterocycles. The summed E-state index contributed by atoms with van der Waals surface area (Å²) in [6.07, 6.45) is 1.21. The van der Waals surface area contributed by atoms with Crippen LogP contribution in [0.25, 0.3) is 0 Å². The average Bonchev–Trinajstić information content (AvgIpc) is 2.65. The second kappa shape index (κ2) is 9.27. The molecule has 1 amide bonds. The molecule has 0 saturated carbocycles. The molecule has 0 aliphatic carbocycles. The monoisotopic (exact) mass is 384 g/mol. The molecule has 2 aromatic carbocycles. The minimum Gasteiger partial charge on any atom is -0.462 e. The lowest BCUT2D eigenvalue weighted by Crippen LogP contribution is -2.15. The van der Waals surface area contributed by atoms with Gasteiger partial charge in [-0.3, -0.25) is 4.79 Å². The number of ether oxygens (including phenoxy) is 1. The first-order valence-electron chi connectivity index (χ1n) is 7.95. The lowest BCUT2D eigenvalue weighted by molar-refractivity contribution is -0.112. The Hall–Kier alpha value is -3.50. The van der Waals surface area contributed by atoms with E-state index in [-0.39, 0.29) is 22.8 Å². The highest BCUT2D eigenvalue weighted by Crippen LogP contribution is 2.24. The van der Waals surface area contributed by atoms with Crippen LogP contribution in [0.5, 0.6) is 0 Å². The van der Waals surface area contributed by atoms with E-state index in [4.69, 9.17) is 22.1 Å². The zero-order valence-electron chi connectivity index (χ0n) is 14.5. The number of para-hydroxylation sites is 1. The minimum absolute atomic E-state index is 0.207. The summed E-state index contributed by atoms with van der Waals surface area (Å²) < 4.78 is 4.98. The van der Waals surface area contributed by atoms with Crippen molar-refractivity contribution in [1.29, 1.82) is 5.26 Å². The Morgan fingerprint density at radius 1 is 1.26 bits per heavy atom. The Morgan fingerprint density at radius 3 is 2.67 bits per heavy atom. The fourth-order valence-electron chi connectivity index (χ4n) is 2.12. The largest absolute Gasteiger partial charge is 0.462 e. The number of nitrogens with one attached hydrogen (secondary N) is 2. The Bertz CT molecular complexity index is 935. The molecule has 0 fully saturated rings. The van der Waals surface area contributed by atoms with Gasteiger partial charge in [-0.05, 0) is 37.3 Å².